The lowest BCUT2D eigenvalue weighted by atomic mass is 10.1. The molecule has 0 spiro atoms. The first kappa shape index (κ1) is 9.71. The van der Waals surface area contributed by atoms with Gasteiger partial charge in [0.05, 0.1) is 5.69 Å². The molecule has 78 valence electrons. The van der Waals surface area contributed by atoms with Crippen LogP contribution in [0.1, 0.15) is 12.5 Å². The molecule has 0 saturated heterocycles. The van der Waals surface area contributed by atoms with Gasteiger partial charge in [0.15, 0.2) is 0 Å². The van der Waals surface area contributed by atoms with Crippen LogP contribution >= 0.6 is 0 Å². The highest BCUT2D eigenvalue weighted by Gasteiger charge is 2.08. The summed E-state index contributed by atoms with van der Waals surface area (Å²) in [5.41, 5.74) is 7.68. The van der Waals surface area contributed by atoms with Gasteiger partial charge in [-0.1, -0.05) is 13.0 Å². The van der Waals surface area contributed by atoms with Gasteiger partial charge in [0.1, 0.15) is 11.6 Å². The second-order valence-corrected chi connectivity index (χ2v) is 3.37. The fourth-order valence-corrected chi connectivity index (χ4v) is 1.47. The third-order valence-corrected chi connectivity index (χ3v) is 2.33. The normalized spacial score (nSPS) is 10.5. The number of aromatic nitrogens is 2. The van der Waals surface area contributed by atoms with Crippen molar-refractivity contribution < 1.29 is 4.39 Å². The molecule has 1 aromatic heterocycles. The molecule has 2 aromatic rings. The largest absolute Gasteiger partial charge is 0.382 e. The molecule has 1 heterocycles. The third kappa shape index (κ3) is 1.83. The van der Waals surface area contributed by atoms with E-state index in [0.717, 1.165) is 12.0 Å². The highest BCUT2D eigenvalue weighted by Crippen LogP contribution is 2.23. The number of rotatable bonds is 2. The molecule has 4 heteroatoms. The van der Waals surface area contributed by atoms with E-state index in [9.17, 15) is 4.39 Å². The number of nitrogens with two attached hydrogens (primary N) is 1. The lowest BCUT2D eigenvalue weighted by Gasteiger charge is -2.02. The first-order valence-corrected chi connectivity index (χ1v) is 4.80. The van der Waals surface area contributed by atoms with Crippen LogP contribution < -0.4 is 5.73 Å². The van der Waals surface area contributed by atoms with Crippen molar-refractivity contribution in [1.82, 2.24) is 10.2 Å². The summed E-state index contributed by atoms with van der Waals surface area (Å²) >= 11 is 0. The second kappa shape index (κ2) is 3.73. The van der Waals surface area contributed by atoms with Gasteiger partial charge in [0, 0.05) is 11.6 Å². The van der Waals surface area contributed by atoms with Crippen LogP contribution in [0.4, 0.5) is 10.2 Å². The molecule has 3 N–H and O–H groups in total. The number of aryl methyl sites for hydroxylation is 1. The summed E-state index contributed by atoms with van der Waals surface area (Å²) in [5.74, 6) is 0.0992. The first-order chi connectivity index (χ1) is 7.20. The number of nitrogens with one attached hydrogen (secondary N) is 1. The number of halogens is 1. The fourth-order valence-electron chi connectivity index (χ4n) is 1.47. The van der Waals surface area contributed by atoms with Crippen molar-refractivity contribution in [1.29, 1.82) is 0 Å². The highest BCUT2D eigenvalue weighted by atomic mass is 19.1. The molecule has 2 rings (SSSR count). The minimum Gasteiger partial charge on any atom is -0.382 e. The number of nitrogen functional groups attached to an aromatic ring is 1. The van der Waals surface area contributed by atoms with Crippen molar-refractivity contribution in [2.45, 2.75) is 13.3 Å². The average molecular weight is 205 g/mol. The summed E-state index contributed by atoms with van der Waals surface area (Å²) in [6.45, 7) is 2.03. The summed E-state index contributed by atoms with van der Waals surface area (Å²) in [6.07, 6.45) is 0.872. The number of anilines is 1. The molecule has 0 aliphatic carbocycles. The third-order valence-electron chi connectivity index (χ3n) is 2.33. The van der Waals surface area contributed by atoms with E-state index in [0.29, 0.717) is 17.1 Å². The molecule has 1 aromatic carbocycles. The number of aromatic amines is 1. The van der Waals surface area contributed by atoms with E-state index in [-0.39, 0.29) is 5.82 Å². The van der Waals surface area contributed by atoms with Crippen molar-refractivity contribution >= 4 is 5.82 Å². The first-order valence-electron chi connectivity index (χ1n) is 4.80. The van der Waals surface area contributed by atoms with Gasteiger partial charge in [-0.3, -0.25) is 5.10 Å². The van der Waals surface area contributed by atoms with Gasteiger partial charge in [-0.25, -0.2) is 4.39 Å². The summed E-state index contributed by atoms with van der Waals surface area (Å²) < 4.78 is 13.5. The predicted octanol–water partition coefficient (Wildman–Crippen LogP) is 2.36. The van der Waals surface area contributed by atoms with Crippen molar-refractivity contribution in [3.05, 3.63) is 35.6 Å². The van der Waals surface area contributed by atoms with Crippen molar-refractivity contribution in [2.24, 2.45) is 0 Å². The molecule has 0 aliphatic heterocycles. The number of benzene rings is 1. The number of nitrogens with zero attached hydrogens (tertiary/aromatic N) is 1. The predicted molar refractivity (Wildman–Crippen MR) is 57.8 cm³/mol. The zero-order valence-electron chi connectivity index (χ0n) is 8.42. The van der Waals surface area contributed by atoms with E-state index in [1.54, 1.807) is 12.1 Å². The monoisotopic (exact) mass is 205 g/mol. The van der Waals surface area contributed by atoms with Crippen LogP contribution in [-0.2, 0) is 6.42 Å². The Hall–Kier alpha value is -1.84. The van der Waals surface area contributed by atoms with Crippen molar-refractivity contribution in [2.75, 3.05) is 5.73 Å². The Kier molecular flexibility index (Phi) is 2.41. The van der Waals surface area contributed by atoms with Crippen LogP contribution in [0.25, 0.3) is 11.3 Å². The van der Waals surface area contributed by atoms with Crippen LogP contribution in [0, 0.1) is 5.82 Å². The number of hydrogen-bond acceptors (Lipinski definition) is 2. The summed E-state index contributed by atoms with van der Waals surface area (Å²) in [4.78, 5) is 0. The minimum atomic E-state index is -0.268. The van der Waals surface area contributed by atoms with Gasteiger partial charge in [-0.2, -0.15) is 5.10 Å². The van der Waals surface area contributed by atoms with E-state index < -0.39 is 0 Å². The molecule has 3 nitrogen and oxygen atoms in total. The Balaban J connectivity index is 2.51. The van der Waals surface area contributed by atoms with Crippen molar-refractivity contribution in [3.63, 3.8) is 0 Å². The summed E-state index contributed by atoms with van der Waals surface area (Å²) in [7, 11) is 0. The van der Waals surface area contributed by atoms with Gasteiger partial charge < -0.3 is 5.73 Å². The van der Waals surface area contributed by atoms with E-state index in [2.05, 4.69) is 10.2 Å². The minimum absolute atomic E-state index is 0.268. The van der Waals surface area contributed by atoms with Gasteiger partial charge in [-0.15, -0.1) is 0 Å². The SMILES string of the molecule is CCc1ccc(F)c(-c2cc(N)n[nH]2)c1. The maximum atomic E-state index is 13.5. The zero-order valence-corrected chi connectivity index (χ0v) is 8.42. The second-order valence-electron chi connectivity index (χ2n) is 3.37. The standard InChI is InChI=1S/C11H12FN3/c1-2-7-3-4-9(12)8(5-7)10-6-11(13)15-14-10/h3-6H,2H2,1H3,(H3,13,14,15). The van der Waals surface area contributed by atoms with Crippen molar-refractivity contribution in [3.8, 4) is 11.3 Å². The Morgan fingerprint density at radius 3 is 2.80 bits per heavy atom. The molecule has 0 fully saturated rings. The Morgan fingerprint density at radius 2 is 2.20 bits per heavy atom. The van der Waals surface area contributed by atoms with E-state index in [1.807, 2.05) is 13.0 Å². The van der Waals surface area contributed by atoms with Gasteiger partial charge >= 0.3 is 0 Å². The summed E-state index contributed by atoms with van der Waals surface area (Å²) in [5, 5.41) is 6.47. The maximum absolute atomic E-state index is 13.5. The molecular weight excluding hydrogens is 193 g/mol. The highest BCUT2D eigenvalue weighted by molar-refractivity contribution is 5.63. The maximum Gasteiger partial charge on any atom is 0.145 e. The van der Waals surface area contributed by atoms with Crippen LogP contribution in [0.15, 0.2) is 24.3 Å². The Morgan fingerprint density at radius 1 is 1.40 bits per heavy atom. The summed E-state index contributed by atoms with van der Waals surface area (Å²) in [6, 6.07) is 6.67. The van der Waals surface area contributed by atoms with Crippen LogP contribution in [0.3, 0.4) is 0 Å². The lowest BCUT2D eigenvalue weighted by Crippen LogP contribution is -1.88. The quantitative estimate of drug-likeness (QED) is 0.790. The molecule has 0 amide bonds. The Bertz CT molecular complexity index is 476. The molecular formula is C11H12FN3. The molecule has 0 atom stereocenters. The smallest absolute Gasteiger partial charge is 0.145 e. The molecule has 0 unspecified atom stereocenters. The van der Waals surface area contributed by atoms with E-state index >= 15 is 0 Å². The molecule has 0 radical (unpaired) electrons. The van der Waals surface area contributed by atoms with Gasteiger partial charge in [0.2, 0.25) is 0 Å². The fraction of sp³-hybridized carbons (Fsp3) is 0.182. The van der Waals surface area contributed by atoms with Crippen LogP contribution in [0.2, 0.25) is 0 Å². The number of H-pyrrole nitrogens is 1. The molecule has 15 heavy (non-hydrogen) atoms. The van der Waals surface area contributed by atoms with Gasteiger partial charge in [-0.05, 0) is 24.1 Å². The molecule has 0 aliphatic rings. The van der Waals surface area contributed by atoms with E-state index in [1.165, 1.54) is 6.07 Å². The topological polar surface area (TPSA) is 54.7 Å². The Labute approximate surface area is 87.1 Å². The average Bonchev–Trinajstić information content (AvgIpc) is 2.65. The van der Waals surface area contributed by atoms with Gasteiger partial charge in [0.25, 0.3) is 0 Å². The zero-order chi connectivity index (χ0) is 10.8. The van der Waals surface area contributed by atoms with Crippen LogP contribution in [0.5, 0.6) is 0 Å². The lowest BCUT2D eigenvalue weighted by molar-refractivity contribution is 0.630. The number of hydrogen-bond donors (Lipinski definition) is 2. The molecule has 0 bridgehead atoms. The van der Waals surface area contributed by atoms with Crippen LogP contribution in [-0.4, -0.2) is 10.2 Å². The van der Waals surface area contributed by atoms with E-state index in [4.69, 9.17) is 5.73 Å². The molecule has 0 saturated carbocycles.